The van der Waals surface area contributed by atoms with Gasteiger partial charge in [-0.15, -0.1) is 11.6 Å². The fraction of sp³-hybridized carbons (Fsp3) is 1.00. The maximum absolute atomic E-state index is 5.56. The summed E-state index contributed by atoms with van der Waals surface area (Å²) in [5.74, 6) is 0. The molecule has 0 aromatic rings. The smallest absolute Gasteiger partial charge is 0.147 e. The van der Waals surface area contributed by atoms with Crippen LogP contribution in [0.25, 0.3) is 0 Å². The highest BCUT2D eigenvalue weighted by Crippen LogP contribution is 2.09. The minimum Gasteiger partial charge on any atom is -0.361 e. The van der Waals surface area contributed by atoms with Crippen LogP contribution in [0.5, 0.6) is 0 Å². The second kappa shape index (κ2) is 4.42. The number of alkyl halides is 2. The van der Waals surface area contributed by atoms with Crippen molar-refractivity contribution < 1.29 is 4.74 Å². The highest BCUT2D eigenvalue weighted by Gasteiger charge is 2.09. The first-order chi connectivity index (χ1) is 3.68. The van der Waals surface area contributed by atoms with Gasteiger partial charge in [-0.25, -0.2) is 0 Å². The van der Waals surface area contributed by atoms with Crippen LogP contribution in [0.2, 0.25) is 0 Å². The molecule has 0 aliphatic rings. The normalized spacial score (nSPS) is 18.0. The molecular formula is C5H10Cl2O. The fourth-order valence-corrected chi connectivity index (χ4v) is 0.491. The van der Waals surface area contributed by atoms with Crippen molar-refractivity contribution in [1.29, 1.82) is 0 Å². The van der Waals surface area contributed by atoms with Crippen molar-refractivity contribution >= 4 is 23.2 Å². The Balaban J connectivity index is 3.17. The molecule has 0 aliphatic carbocycles. The van der Waals surface area contributed by atoms with Crippen LogP contribution in [0.1, 0.15) is 13.8 Å². The third kappa shape index (κ3) is 3.53. The lowest BCUT2D eigenvalue weighted by atomic mass is 10.5. The third-order valence-corrected chi connectivity index (χ3v) is 1.55. The Labute approximate surface area is 59.9 Å². The molecule has 0 saturated carbocycles. The molecular weight excluding hydrogens is 147 g/mol. The molecule has 50 valence electrons. The number of rotatable bonds is 3. The molecule has 0 heterocycles. The fourth-order valence-electron chi connectivity index (χ4n) is 0.292. The highest BCUT2D eigenvalue weighted by atomic mass is 35.5. The lowest BCUT2D eigenvalue weighted by Crippen LogP contribution is -2.14. The molecule has 0 N–H and O–H groups in total. The Hall–Kier alpha value is 0.540. The topological polar surface area (TPSA) is 9.23 Å². The molecule has 0 fully saturated rings. The van der Waals surface area contributed by atoms with Crippen molar-refractivity contribution in [3.05, 3.63) is 0 Å². The molecule has 0 bridgehead atoms. The van der Waals surface area contributed by atoms with Gasteiger partial charge in [-0.3, -0.25) is 0 Å². The van der Waals surface area contributed by atoms with Gasteiger partial charge in [0.15, 0.2) is 0 Å². The van der Waals surface area contributed by atoms with Crippen LogP contribution >= 0.6 is 23.2 Å². The summed E-state index contributed by atoms with van der Waals surface area (Å²) in [4.78, 5) is 0. The zero-order chi connectivity index (χ0) is 6.57. The average molecular weight is 157 g/mol. The Kier molecular flexibility index (Phi) is 4.72. The largest absolute Gasteiger partial charge is 0.361 e. The Bertz CT molecular complexity index is 56.4. The van der Waals surface area contributed by atoms with Gasteiger partial charge in [0.05, 0.1) is 5.38 Å². The Morgan fingerprint density at radius 1 is 1.50 bits per heavy atom. The van der Waals surface area contributed by atoms with Crippen LogP contribution in [0.3, 0.4) is 0 Å². The SMILES string of the molecule is CCOC(Cl)C(C)Cl. The summed E-state index contributed by atoms with van der Waals surface area (Å²) in [5, 5.41) is -0.114. The number of halogens is 2. The molecule has 2 atom stereocenters. The standard InChI is InChI=1S/C5H10Cl2O/c1-3-8-5(7)4(2)6/h4-5H,3H2,1-2H3. The minimum absolute atomic E-state index is 0.114. The van der Waals surface area contributed by atoms with E-state index in [-0.39, 0.29) is 10.9 Å². The molecule has 0 rings (SSSR count). The molecule has 8 heavy (non-hydrogen) atoms. The number of ether oxygens (including phenoxy) is 1. The van der Waals surface area contributed by atoms with Gasteiger partial charge in [0.1, 0.15) is 5.56 Å². The minimum atomic E-state index is -0.346. The zero-order valence-electron chi connectivity index (χ0n) is 5.03. The van der Waals surface area contributed by atoms with Crippen LogP contribution in [0.15, 0.2) is 0 Å². The van der Waals surface area contributed by atoms with Crippen molar-refractivity contribution in [2.45, 2.75) is 24.8 Å². The summed E-state index contributed by atoms with van der Waals surface area (Å²) < 4.78 is 4.94. The predicted octanol–water partition coefficient (Wildman–Crippen LogP) is 2.22. The van der Waals surface area contributed by atoms with Gasteiger partial charge >= 0.3 is 0 Å². The van der Waals surface area contributed by atoms with E-state index in [0.717, 1.165) is 0 Å². The van der Waals surface area contributed by atoms with E-state index in [1.165, 1.54) is 0 Å². The molecule has 0 aromatic carbocycles. The quantitative estimate of drug-likeness (QED) is 0.570. The maximum atomic E-state index is 5.56. The zero-order valence-corrected chi connectivity index (χ0v) is 6.54. The number of hydrogen-bond acceptors (Lipinski definition) is 1. The van der Waals surface area contributed by atoms with E-state index < -0.39 is 0 Å². The first kappa shape index (κ1) is 8.54. The first-order valence-electron chi connectivity index (χ1n) is 2.58. The van der Waals surface area contributed by atoms with Crippen LogP contribution in [-0.2, 0) is 4.74 Å². The second-order valence-corrected chi connectivity index (χ2v) is 2.60. The summed E-state index contributed by atoms with van der Waals surface area (Å²) >= 11 is 11.1. The van der Waals surface area contributed by atoms with Gasteiger partial charge < -0.3 is 4.74 Å². The molecule has 0 amide bonds. The van der Waals surface area contributed by atoms with Gasteiger partial charge in [0.25, 0.3) is 0 Å². The summed E-state index contributed by atoms with van der Waals surface area (Å²) in [6, 6.07) is 0. The molecule has 3 heteroatoms. The van der Waals surface area contributed by atoms with Crippen LogP contribution in [-0.4, -0.2) is 17.5 Å². The van der Waals surface area contributed by atoms with Crippen LogP contribution in [0, 0.1) is 0 Å². The van der Waals surface area contributed by atoms with Crippen molar-refractivity contribution in [2.75, 3.05) is 6.61 Å². The van der Waals surface area contributed by atoms with E-state index in [1.807, 2.05) is 6.92 Å². The summed E-state index contributed by atoms with van der Waals surface area (Å²) in [5.41, 5.74) is -0.346. The van der Waals surface area contributed by atoms with Gasteiger partial charge in [-0.1, -0.05) is 11.6 Å². The molecule has 0 aliphatic heterocycles. The predicted molar refractivity (Wildman–Crippen MR) is 36.6 cm³/mol. The second-order valence-electron chi connectivity index (χ2n) is 1.48. The third-order valence-electron chi connectivity index (χ3n) is 0.687. The first-order valence-corrected chi connectivity index (χ1v) is 3.45. The van der Waals surface area contributed by atoms with E-state index in [0.29, 0.717) is 6.61 Å². The Morgan fingerprint density at radius 2 is 2.00 bits per heavy atom. The van der Waals surface area contributed by atoms with Gasteiger partial charge in [0, 0.05) is 6.61 Å². The summed E-state index contributed by atoms with van der Waals surface area (Å²) in [7, 11) is 0. The molecule has 1 nitrogen and oxygen atoms in total. The average Bonchev–Trinajstić information content (AvgIpc) is 1.67. The van der Waals surface area contributed by atoms with E-state index in [4.69, 9.17) is 27.9 Å². The van der Waals surface area contributed by atoms with E-state index in [9.17, 15) is 0 Å². The summed E-state index contributed by atoms with van der Waals surface area (Å²) in [6.07, 6.45) is 0. The molecule has 0 aromatic heterocycles. The lowest BCUT2D eigenvalue weighted by molar-refractivity contribution is 0.119. The van der Waals surface area contributed by atoms with Crippen LogP contribution in [0.4, 0.5) is 0 Å². The van der Waals surface area contributed by atoms with Crippen molar-refractivity contribution in [1.82, 2.24) is 0 Å². The number of hydrogen-bond donors (Lipinski definition) is 0. The van der Waals surface area contributed by atoms with Gasteiger partial charge in [-0.2, -0.15) is 0 Å². The van der Waals surface area contributed by atoms with Crippen LogP contribution < -0.4 is 0 Å². The van der Waals surface area contributed by atoms with Crippen molar-refractivity contribution in [3.63, 3.8) is 0 Å². The molecule has 2 unspecified atom stereocenters. The van der Waals surface area contributed by atoms with Gasteiger partial charge in [-0.05, 0) is 13.8 Å². The summed E-state index contributed by atoms with van der Waals surface area (Å²) in [6.45, 7) is 4.30. The monoisotopic (exact) mass is 156 g/mol. The van der Waals surface area contributed by atoms with E-state index in [2.05, 4.69) is 0 Å². The van der Waals surface area contributed by atoms with E-state index in [1.54, 1.807) is 6.92 Å². The van der Waals surface area contributed by atoms with Crippen molar-refractivity contribution in [3.8, 4) is 0 Å². The molecule has 0 saturated heterocycles. The molecule has 0 radical (unpaired) electrons. The Morgan fingerprint density at radius 3 is 2.12 bits per heavy atom. The lowest BCUT2D eigenvalue weighted by Gasteiger charge is -2.09. The highest BCUT2D eigenvalue weighted by molar-refractivity contribution is 6.29. The van der Waals surface area contributed by atoms with Crippen molar-refractivity contribution in [2.24, 2.45) is 0 Å². The van der Waals surface area contributed by atoms with Gasteiger partial charge in [0.2, 0.25) is 0 Å². The molecule has 0 spiro atoms. The maximum Gasteiger partial charge on any atom is 0.147 e. The van der Waals surface area contributed by atoms with E-state index >= 15 is 0 Å².